The predicted octanol–water partition coefficient (Wildman–Crippen LogP) is -0.411. The molecule has 0 aromatic rings. The van der Waals surface area contributed by atoms with Crippen LogP contribution in [0.2, 0.25) is 0 Å². The molecule has 39 nitrogen and oxygen atoms in total. The zero-order valence-electron chi connectivity index (χ0n) is 60.9. The second-order valence-corrected chi connectivity index (χ2v) is 25.4. The van der Waals surface area contributed by atoms with Gasteiger partial charge in [0.25, 0.3) is 0 Å². The predicted molar refractivity (Wildman–Crippen MR) is 386 cm³/mol. The molecule has 0 aliphatic carbocycles. The number of unbranched alkanes of at least 4 members (excludes halogenated alkanes) is 14. The lowest BCUT2D eigenvalue weighted by atomic mass is 10.0. The van der Waals surface area contributed by atoms with E-state index in [-0.39, 0.29) is 150 Å². The van der Waals surface area contributed by atoms with Crippen molar-refractivity contribution in [2.45, 2.75) is 222 Å². The van der Waals surface area contributed by atoms with E-state index in [4.69, 9.17) is 39.3 Å². The van der Waals surface area contributed by atoms with Gasteiger partial charge in [-0.3, -0.25) is 52.7 Å². The maximum atomic E-state index is 12.6. The number of amides is 10. The smallest absolute Gasteiger partial charge is 0.326 e. The molecule has 0 saturated carbocycles. The Morgan fingerprint density at radius 3 is 0.794 bits per heavy atom. The van der Waals surface area contributed by atoms with Gasteiger partial charge in [-0.25, -0.2) is 27.5 Å². The Labute approximate surface area is 635 Å². The van der Waals surface area contributed by atoms with Crippen LogP contribution >= 0.6 is 22.9 Å². The van der Waals surface area contributed by atoms with Crippen molar-refractivity contribution in [1.29, 1.82) is 0 Å². The molecule has 18 N–H and O–H groups in total. The van der Waals surface area contributed by atoms with Crippen LogP contribution in [0.1, 0.15) is 186 Å². The summed E-state index contributed by atoms with van der Waals surface area (Å²) in [7, 11) is 0. The van der Waals surface area contributed by atoms with Crippen molar-refractivity contribution in [1.82, 2.24) is 51.4 Å². The minimum Gasteiger partial charge on any atom is -0.481 e. The fraction of sp³-hybridized carbons (Fsp3) is 0.761. The molecule has 0 radical (unpaired) electrons. The molecule has 1 unspecified atom stereocenters. The monoisotopic (exact) mass is 1650 g/mol. The first-order chi connectivity index (χ1) is 51.1. The maximum absolute atomic E-state index is 12.6. The van der Waals surface area contributed by atoms with Gasteiger partial charge < -0.3 is 113 Å². The van der Waals surface area contributed by atoms with E-state index in [9.17, 15) is 102 Å². The summed E-state index contributed by atoms with van der Waals surface area (Å²) in [5.74, 6) is -13.8. The van der Waals surface area contributed by atoms with Gasteiger partial charge in [0.05, 0.1) is 65.5 Å². The van der Waals surface area contributed by atoms with Gasteiger partial charge >= 0.3 is 35.8 Å². The molecular formula is C67H114IN11O28. The lowest BCUT2D eigenvalue weighted by Gasteiger charge is -2.17. The number of nitrogens with one attached hydrogen (secondary N) is 10. The third kappa shape index (κ3) is 59.7. The van der Waals surface area contributed by atoms with E-state index in [0.29, 0.717) is 32.2 Å². The number of carbonyl (C=O) groups is 16. The van der Waals surface area contributed by atoms with Gasteiger partial charge in [0.1, 0.15) is 50.0 Å². The fourth-order valence-corrected chi connectivity index (χ4v) is 10.5. The SMILES string of the molecule is NC(=O)[C@H](CCCCNC(=O)CC[C@H](NC(=O)COCCOCCNC(=O)CC[C@H](NC(=O)COCCOCCNC(=O)CC[C@H](NC(=O)COCCOCCNC(=O)CC[C@H](NC(=O)CCC(NC(=O)CCCCCCCCCCCCCCCCC(=O)O)C(=O)O)C(=O)O)C(=O)O)C(=O)O)C(=O)O)NI. The van der Waals surface area contributed by atoms with Crippen LogP contribution in [0.25, 0.3) is 0 Å². The summed E-state index contributed by atoms with van der Waals surface area (Å²) in [5, 5.41) is 78.3. The second kappa shape index (κ2) is 65.1. The number of halogens is 1. The molecule has 612 valence electrons. The highest BCUT2D eigenvalue weighted by atomic mass is 127. The third-order valence-electron chi connectivity index (χ3n) is 15.7. The van der Waals surface area contributed by atoms with Gasteiger partial charge in [-0.2, -0.15) is 0 Å². The van der Waals surface area contributed by atoms with Crippen LogP contribution in [0.15, 0.2) is 0 Å². The number of carboxylic acids is 6. The Hall–Kier alpha value is -8.03. The van der Waals surface area contributed by atoms with Crippen LogP contribution in [-0.4, -0.2) is 267 Å². The van der Waals surface area contributed by atoms with Gasteiger partial charge in [-0.1, -0.05) is 77.0 Å². The molecule has 0 aliphatic heterocycles. The summed E-state index contributed by atoms with van der Waals surface area (Å²) in [6, 6.07) is -7.53. The highest BCUT2D eigenvalue weighted by Gasteiger charge is 2.27. The lowest BCUT2D eigenvalue weighted by Crippen LogP contribution is -2.44. The summed E-state index contributed by atoms with van der Waals surface area (Å²) in [4.78, 5) is 192. The van der Waals surface area contributed by atoms with E-state index in [1.807, 2.05) is 22.9 Å². The van der Waals surface area contributed by atoms with Gasteiger partial charge in [-0.05, 0) is 64.2 Å². The molecule has 0 fully saturated rings. The lowest BCUT2D eigenvalue weighted by molar-refractivity contribution is -0.143. The number of carbonyl (C=O) groups excluding carboxylic acids is 10. The molecule has 0 aromatic heterocycles. The molecule has 107 heavy (non-hydrogen) atoms. The van der Waals surface area contributed by atoms with Crippen LogP contribution in [0.5, 0.6) is 0 Å². The van der Waals surface area contributed by atoms with Gasteiger partial charge in [0, 0.05) is 94.0 Å². The Bertz CT molecular complexity index is 2690. The zero-order chi connectivity index (χ0) is 79.8. The first-order valence-corrected chi connectivity index (χ1v) is 37.2. The van der Waals surface area contributed by atoms with Gasteiger partial charge in [0.15, 0.2) is 0 Å². The van der Waals surface area contributed by atoms with Gasteiger partial charge in [-0.15, -0.1) is 0 Å². The maximum Gasteiger partial charge on any atom is 0.326 e. The van der Waals surface area contributed by atoms with E-state index >= 15 is 0 Å². The van der Waals surface area contributed by atoms with Crippen molar-refractivity contribution >= 4 is 118 Å². The number of ether oxygens (including phenoxy) is 6. The van der Waals surface area contributed by atoms with Crippen molar-refractivity contribution in [2.24, 2.45) is 5.73 Å². The minimum atomic E-state index is -1.47. The highest BCUT2D eigenvalue weighted by molar-refractivity contribution is 14.1. The van der Waals surface area contributed by atoms with Crippen molar-refractivity contribution in [3.63, 3.8) is 0 Å². The Kier molecular flexibility index (Phi) is 60.2. The molecule has 0 spiro atoms. The van der Waals surface area contributed by atoms with E-state index in [2.05, 4.69) is 51.4 Å². The summed E-state index contributed by atoms with van der Waals surface area (Å²) < 4.78 is 34.4. The molecule has 6 atom stereocenters. The van der Waals surface area contributed by atoms with Crippen LogP contribution < -0.4 is 57.1 Å². The van der Waals surface area contributed by atoms with E-state index in [0.717, 1.165) is 70.6 Å². The van der Waals surface area contributed by atoms with Crippen molar-refractivity contribution in [3.8, 4) is 0 Å². The Balaban J connectivity index is 4.18. The summed E-state index contributed by atoms with van der Waals surface area (Å²) in [6.45, 7) is -1.58. The molecule has 0 heterocycles. The van der Waals surface area contributed by atoms with Crippen LogP contribution in [0.3, 0.4) is 0 Å². The number of primary amides is 1. The van der Waals surface area contributed by atoms with Crippen LogP contribution in [-0.2, 0) is 105 Å². The quantitative estimate of drug-likeness (QED) is 0.0209. The van der Waals surface area contributed by atoms with Crippen molar-refractivity contribution in [3.05, 3.63) is 0 Å². The van der Waals surface area contributed by atoms with Crippen molar-refractivity contribution < 1.29 is 136 Å². The normalized spacial score (nSPS) is 12.7. The topological polar surface area (TPSA) is 596 Å². The Morgan fingerprint density at radius 1 is 0.262 bits per heavy atom. The van der Waals surface area contributed by atoms with E-state index in [1.54, 1.807) is 0 Å². The molecule has 0 aliphatic rings. The zero-order valence-corrected chi connectivity index (χ0v) is 63.1. The average Bonchev–Trinajstić information content (AvgIpc) is 0.932. The van der Waals surface area contributed by atoms with Gasteiger partial charge in [0.2, 0.25) is 59.1 Å². The molecule has 40 heteroatoms. The van der Waals surface area contributed by atoms with E-state index < -0.39 is 157 Å². The molecule has 10 amide bonds. The van der Waals surface area contributed by atoms with E-state index in [1.165, 1.54) is 12.8 Å². The molecule has 0 rings (SSSR count). The first-order valence-electron chi connectivity index (χ1n) is 36.2. The number of hydrogen-bond acceptors (Lipinski definition) is 23. The standard InChI is InChI=1S/C67H114IN11O28/c68-79-46(62(69)91)17-15-16-30-70-52(80)25-21-49(65(96)97)76-58(86)43-105-40-38-103-35-32-72-54(82)27-23-51(67(100)101)78-60(88)45-107-42-39-104-36-33-73-55(83)28-22-50(66(98)99)77-59(87)44-106-41-37-102-34-31-71-53(81)26-20-47(63(92)93)75-57(85)29-24-48(64(94)95)74-56(84)18-13-11-9-7-5-3-1-2-4-6-8-10-12-14-19-61(89)90/h46-51,79H,1-45H2,(H2,69,91)(H,70,80)(H,71,81)(H,72,82)(H,73,83)(H,74,84)(H,75,85)(H,76,86)(H,77,87)(H,78,88)(H,89,90)(H,92,93)(H,94,95)(H,96,97)(H,98,99)(H,100,101)/t46-,47-,48?,49-,50-,51-/m0/s1. The molecule has 0 saturated heterocycles. The molecule has 0 bridgehead atoms. The number of hydrogen-bond donors (Lipinski definition) is 17. The summed E-state index contributed by atoms with van der Waals surface area (Å²) in [6.07, 6.45) is 13.4. The average molecular weight is 1650 g/mol. The summed E-state index contributed by atoms with van der Waals surface area (Å²) in [5.41, 5.74) is 5.27. The largest absolute Gasteiger partial charge is 0.481 e. The first kappa shape index (κ1) is 99.0. The number of rotatable bonds is 73. The highest BCUT2D eigenvalue weighted by Crippen LogP contribution is 2.15. The number of nitrogens with two attached hydrogens (primary N) is 1. The molecule has 0 aromatic carbocycles. The minimum absolute atomic E-state index is 0.0000750. The fourth-order valence-electron chi connectivity index (χ4n) is 9.84. The Morgan fingerprint density at radius 2 is 0.514 bits per heavy atom. The van der Waals surface area contributed by atoms with Crippen LogP contribution in [0, 0.1) is 0 Å². The van der Waals surface area contributed by atoms with Crippen molar-refractivity contribution in [2.75, 3.05) is 105 Å². The molecular weight excluding hydrogens is 1530 g/mol. The van der Waals surface area contributed by atoms with Crippen LogP contribution in [0.4, 0.5) is 0 Å². The number of aliphatic carboxylic acids is 6. The third-order valence-corrected chi connectivity index (χ3v) is 16.5. The number of carboxylic acid groups (broad SMARTS) is 6. The summed E-state index contributed by atoms with van der Waals surface area (Å²) >= 11 is 1.83. The second-order valence-electron chi connectivity index (χ2n) is 24.8.